The lowest BCUT2D eigenvalue weighted by Crippen LogP contribution is -2.32. The minimum atomic E-state index is -0.0305. The molecular formula is C56H52N2. The second-order valence-electron chi connectivity index (χ2n) is 16.4. The molecule has 1 unspecified atom stereocenters. The molecule has 0 saturated carbocycles. The van der Waals surface area contributed by atoms with Crippen LogP contribution in [0.3, 0.4) is 0 Å². The number of hydrogen-bond acceptors (Lipinski definition) is 1. The minimum Gasteiger partial charge on any atom is -0.317 e. The van der Waals surface area contributed by atoms with E-state index in [0.29, 0.717) is 5.92 Å². The average molecular weight is 753 g/mol. The van der Waals surface area contributed by atoms with Crippen LogP contribution in [0.25, 0.3) is 58.0 Å². The Morgan fingerprint density at radius 2 is 1.50 bits per heavy atom. The molecule has 3 aliphatic rings. The quantitative estimate of drug-likeness (QED) is 0.141. The molecule has 0 saturated heterocycles. The second kappa shape index (κ2) is 15.2. The Hall–Kier alpha value is -6.38. The summed E-state index contributed by atoms with van der Waals surface area (Å²) in [6, 6.07) is 43.1. The fourth-order valence-electron chi connectivity index (χ4n) is 9.69. The predicted molar refractivity (Wildman–Crippen MR) is 250 cm³/mol. The Morgan fingerprint density at radius 3 is 2.28 bits per heavy atom. The molecule has 0 N–H and O–H groups in total. The van der Waals surface area contributed by atoms with Crippen LogP contribution in [0.15, 0.2) is 152 Å². The molecule has 6 aromatic rings. The van der Waals surface area contributed by atoms with Gasteiger partial charge >= 0.3 is 0 Å². The Morgan fingerprint density at radius 1 is 0.793 bits per heavy atom. The molecule has 1 heterocycles. The first kappa shape index (κ1) is 37.2. The number of rotatable bonds is 8. The van der Waals surface area contributed by atoms with Crippen LogP contribution in [-0.2, 0) is 11.8 Å². The first-order valence-corrected chi connectivity index (χ1v) is 20.8. The van der Waals surface area contributed by atoms with Crippen molar-refractivity contribution in [2.75, 3.05) is 4.90 Å². The summed E-state index contributed by atoms with van der Waals surface area (Å²) in [5, 5.41) is 5.15. The third-order valence-electron chi connectivity index (χ3n) is 12.7. The van der Waals surface area contributed by atoms with Gasteiger partial charge in [-0.05, 0) is 121 Å². The van der Waals surface area contributed by atoms with Crippen molar-refractivity contribution in [3.05, 3.63) is 201 Å². The van der Waals surface area contributed by atoms with Crippen molar-refractivity contribution in [3.8, 4) is 22.3 Å². The molecule has 286 valence electrons. The van der Waals surface area contributed by atoms with E-state index in [9.17, 15) is 0 Å². The van der Waals surface area contributed by atoms with Gasteiger partial charge in [-0.3, -0.25) is 0 Å². The van der Waals surface area contributed by atoms with Gasteiger partial charge in [-0.15, -0.1) is 0 Å². The van der Waals surface area contributed by atoms with Gasteiger partial charge in [0, 0.05) is 61.1 Å². The molecule has 1 atom stereocenters. The highest BCUT2D eigenvalue weighted by Gasteiger charge is 2.35. The highest BCUT2D eigenvalue weighted by molar-refractivity contribution is 5.85. The number of nitrogens with zero attached hydrogens (tertiary/aromatic N) is 2. The van der Waals surface area contributed by atoms with Crippen molar-refractivity contribution in [3.63, 3.8) is 0 Å². The highest BCUT2D eigenvalue weighted by Crippen LogP contribution is 2.49. The van der Waals surface area contributed by atoms with Crippen LogP contribution in [0.5, 0.6) is 0 Å². The number of anilines is 2. The molecule has 2 heteroatoms. The first-order valence-electron chi connectivity index (χ1n) is 20.8. The van der Waals surface area contributed by atoms with Gasteiger partial charge in [-0.25, -0.2) is 0 Å². The molecule has 0 amide bonds. The largest absolute Gasteiger partial charge is 0.317 e. The van der Waals surface area contributed by atoms with Crippen LogP contribution in [-0.4, -0.2) is 4.57 Å². The van der Waals surface area contributed by atoms with Gasteiger partial charge in [0.25, 0.3) is 0 Å². The molecule has 0 fully saturated rings. The average Bonchev–Trinajstić information content (AvgIpc) is 3.72. The van der Waals surface area contributed by atoms with Gasteiger partial charge in [0.1, 0.15) is 0 Å². The summed E-state index contributed by atoms with van der Waals surface area (Å²) in [4.78, 5) is 2.42. The van der Waals surface area contributed by atoms with Gasteiger partial charge < -0.3 is 9.47 Å². The monoisotopic (exact) mass is 752 g/mol. The fraction of sp³-hybridized carbons (Fsp3) is 0.179. The van der Waals surface area contributed by atoms with Gasteiger partial charge in [0.05, 0.1) is 0 Å². The van der Waals surface area contributed by atoms with E-state index in [4.69, 9.17) is 0 Å². The molecule has 3 aliphatic carbocycles. The van der Waals surface area contributed by atoms with E-state index in [1.807, 2.05) is 12.2 Å². The summed E-state index contributed by atoms with van der Waals surface area (Å²) in [7, 11) is 0. The van der Waals surface area contributed by atoms with Crippen molar-refractivity contribution >= 4 is 47.1 Å². The van der Waals surface area contributed by atoms with E-state index in [1.54, 1.807) is 0 Å². The maximum absolute atomic E-state index is 3.84. The maximum atomic E-state index is 3.84. The van der Waals surface area contributed by atoms with Gasteiger partial charge in [-0.2, -0.15) is 0 Å². The third-order valence-corrected chi connectivity index (χ3v) is 12.7. The molecule has 9 rings (SSSR count). The standard InChI is InChI=1S/C56H52N2/c1-7-9-10-17-38(3)57-54-23-16-14-21-50(54)51-36-43(29-35-55(51)57)41-24-30-45(31-25-41)58(39(4)47-19-12-11-18-40(47)8-2)46-32-26-42(27-33-46)44-28-34-49-48-20-13-15-22-52(48)56(5,6)53(49)37-44/h7-15,17-22,24-28,30-37,43H,1,16,23,29H2,2-6H3/b10-9-,38-17+,40-8-,47-39+. The van der Waals surface area contributed by atoms with E-state index in [-0.39, 0.29) is 5.41 Å². The highest BCUT2D eigenvalue weighted by atomic mass is 15.1. The van der Waals surface area contributed by atoms with Gasteiger partial charge in [0.15, 0.2) is 0 Å². The lowest BCUT2D eigenvalue weighted by Gasteiger charge is -2.27. The molecule has 0 radical (unpaired) electrons. The van der Waals surface area contributed by atoms with Crippen molar-refractivity contribution < 1.29 is 0 Å². The zero-order chi connectivity index (χ0) is 40.0. The Bertz CT molecular complexity index is 2930. The zero-order valence-electron chi connectivity index (χ0n) is 34.5. The fourth-order valence-corrected chi connectivity index (χ4v) is 9.69. The molecule has 0 bridgehead atoms. The molecule has 1 aromatic heterocycles. The lowest BCUT2D eigenvalue weighted by molar-refractivity contribution is 0.660. The second-order valence-corrected chi connectivity index (χ2v) is 16.4. The third kappa shape index (κ3) is 6.38. The van der Waals surface area contributed by atoms with E-state index < -0.39 is 0 Å². The van der Waals surface area contributed by atoms with E-state index in [1.165, 1.54) is 82.6 Å². The summed E-state index contributed by atoms with van der Waals surface area (Å²) >= 11 is 0. The van der Waals surface area contributed by atoms with Crippen molar-refractivity contribution in [1.82, 2.24) is 4.57 Å². The number of fused-ring (bicyclic) bond motifs is 6. The zero-order valence-corrected chi connectivity index (χ0v) is 34.5. The summed E-state index contributed by atoms with van der Waals surface area (Å²) in [6.07, 6.45) is 23.1. The Balaban J connectivity index is 1.08. The summed E-state index contributed by atoms with van der Waals surface area (Å²) in [5.74, 6) is 0.306. The van der Waals surface area contributed by atoms with Crippen LogP contribution < -0.4 is 25.9 Å². The summed E-state index contributed by atoms with van der Waals surface area (Å²) in [5.41, 5.74) is 16.8. The lowest BCUT2D eigenvalue weighted by atomic mass is 9.81. The van der Waals surface area contributed by atoms with Crippen LogP contribution in [0.4, 0.5) is 11.4 Å². The smallest absolute Gasteiger partial charge is 0.0491 e. The van der Waals surface area contributed by atoms with Crippen LogP contribution in [0.2, 0.25) is 0 Å². The molecule has 5 aromatic carbocycles. The van der Waals surface area contributed by atoms with Crippen LogP contribution in [0.1, 0.15) is 81.3 Å². The van der Waals surface area contributed by atoms with Crippen LogP contribution >= 0.6 is 0 Å². The number of hydrogen-bond donors (Lipinski definition) is 0. The van der Waals surface area contributed by atoms with E-state index >= 15 is 0 Å². The molecule has 58 heavy (non-hydrogen) atoms. The van der Waals surface area contributed by atoms with E-state index in [0.717, 1.165) is 30.6 Å². The number of benzene rings is 5. The van der Waals surface area contributed by atoms with Crippen molar-refractivity contribution in [2.24, 2.45) is 0 Å². The molecule has 0 spiro atoms. The summed E-state index contributed by atoms with van der Waals surface area (Å²) in [6.45, 7) is 15.1. The predicted octanol–water partition coefficient (Wildman–Crippen LogP) is 11.5. The SMILES string of the molecule is C=C/C=C\C=C(/C)n1c2c(c3c1=CCC(c1ccc(N(/C(C)=c4\cccc\c4=C\C)c4ccc(-c5ccc6c(c5)C(C)(C)c5ccccc5-6)cc4)cc1)C=3)C=CCC2. The normalized spacial score (nSPS) is 17.2. The van der Waals surface area contributed by atoms with Crippen molar-refractivity contribution in [1.29, 1.82) is 0 Å². The maximum Gasteiger partial charge on any atom is 0.0491 e. The topological polar surface area (TPSA) is 8.17 Å². The summed E-state index contributed by atoms with van der Waals surface area (Å²) < 4.78 is 2.48. The van der Waals surface area contributed by atoms with E-state index in [2.05, 4.69) is 208 Å². The molecular weight excluding hydrogens is 701 g/mol. The number of allylic oxidation sites excluding steroid dienone is 6. The first-order chi connectivity index (χ1) is 28.3. The van der Waals surface area contributed by atoms with Crippen molar-refractivity contribution in [2.45, 2.75) is 65.2 Å². The van der Waals surface area contributed by atoms with Crippen LogP contribution in [0, 0.1) is 0 Å². The van der Waals surface area contributed by atoms with Gasteiger partial charge in [-0.1, -0.05) is 154 Å². The Kier molecular flexibility index (Phi) is 9.74. The molecule has 0 aliphatic heterocycles. The molecule has 2 nitrogen and oxygen atoms in total. The minimum absolute atomic E-state index is 0.0305. The van der Waals surface area contributed by atoms with Gasteiger partial charge in [0.2, 0.25) is 0 Å². The number of aromatic nitrogens is 1. The Labute approximate surface area is 343 Å².